The van der Waals surface area contributed by atoms with Gasteiger partial charge in [0, 0.05) is 23.4 Å². The van der Waals surface area contributed by atoms with Gasteiger partial charge in [0.1, 0.15) is 17.2 Å². The van der Waals surface area contributed by atoms with Crippen molar-refractivity contribution in [1.82, 2.24) is 9.97 Å². The summed E-state index contributed by atoms with van der Waals surface area (Å²) in [5, 5.41) is 0.616. The van der Waals surface area contributed by atoms with Gasteiger partial charge in [-0.1, -0.05) is 53.8 Å². The average molecular weight is 480 g/mol. The summed E-state index contributed by atoms with van der Waals surface area (Å²) < 4.78 is 12.5. The molecular weight excluding hydrogens is 458 g/mol. The number of methoxy groups -OCH3 is 1. The lowest BCUT2D eigenvalue weighted by Crippen LogP contribution is -2.36. The summed E-state index contributed by atoms with van der Waals surface area (Å²) in [6.07, 6.45) is 1.74. The second-order valence-electron chi connectivity index (χ2n) is 8.19. The fraction of sp³-hybridized carbons (Fsp3) is 0.107. The van der Waals surface area contributed by atoms with E-state index in [0.29, 0.717) is 23.2 Å². The van der Waals surface area contributed by atoms with E-state index in [2.05, 4.69) is 4.98 Å². The molecule has 0 aliphatic carbocycles. The molecule has 0 saturated carbocycles. The Morgan fingerprint density at radius 3 is 2.37 bits per heavy atom. The number of pyridine rings is 1. The highest BCUT2D eigenvalue weighted by Gasteiger charge is 2.36. The predicted molar refractivity (Wildman–Crippen MR) is 136 cm³/mol. The van der Waals surface area contributed by atoms with Gasteiger partial charge in [0.25, 0.3) is 0 Å². The first-order valence-corrected chi connectivity index (χ1v) is 12.0. The van der Waals surface area contributed by atoms with Crippen LogP contribution in [0.5, 0.6) is 17.2 Å². The van der Waals surface area contributed by atoms with Crippen molar-refractivity contribution in [3.05, 3.63) is 108 Å². The standard InChI is InChI=1S/C28H21N3O3S/c1-33-19-13-14-25-22(16-19)30-28(35-25)31(17-18-8-6-7-15-29-18)27(32)26-20-9-2-4-11-23(20)34-24-12-5-3-10-21(24)26/h2-16,26H,17H2,1H3. The van der Waals surface area contributed by atoms with Gasteiger partial charge in [-0.05, 0) is 36.4 Å². The van der Waals surface area contributed by atoms with Gasteiger partial charge in [-0.3, -0.25) is 14.7 Å². The summed E-state index contributed by atoms with van der Waals surface area (Å²) in [5.74, 6) is 1.50. The molecule has 1 aliphatic rings. The summed E-state index contributed by atoms with van der Waals surface area (Å²) in [6, 6.07) is 26.9. The molecule has 3 aromatic carbocycles. The SMILES string of the molecule is COc1ccc2sc(N(Cc3ccccn3)C(=O)C3c4ccccc4Oc4ccccc43)nc2c1. The molecule has 2 aromatic heterocycles. The number of carbonyl (C=O) groups excluding carboxylic acids is 1. The van der Waals surface area contributed by atoms with E-state index in [4.69, 9.17) is 14.5 Å². The molecule has 0 N–H and O–H groups in total. The number of aromatic nitrogens is 2. The first-order valence-electron chi connectivity index (χ1n) is 11.2. The molecule has 6 rings (SSSR count). The van der Waals surface area contributed by atoms with Crippen molar-refractivity contribution in [3.63, 3.8) is 0 Å². The van der Waals surface area contributed by atoms with E-state index in [-0.39, 0.29) is 5.91 Å². The molecule has 1 aliphatic heterocycles. The smallest absolute Gasteiger partial charge is 0.241 e. The second kappa shape index (κ2) is 8.85. The Labute approximate surface area is 206 Å². The van der Waals surface area contributed by atoms with Crippen molar-refractivity contribution < 1.29 is 14.3 Å². The average Bonchev–Trinajstić information content (AvgIpc) is 3.33. The number of hydrogen-bond acceptors (Lipinski definition) is 6. The molecule has 1 amide bonds. The third-order valence-corrected chi connectivity index (χ3v) is 7.11. The normalized spacial score (nSPS) is 12.5. The maximum absolute atomic E-state index is 14.4. The van der Waals surface area contributed by atoms with E-state index in [1.54, 1.807) is 18.2 Å². The Morgan fingerprint density at radius 1 is 0.971 bits per heavy atom. The van der Waals surface area contributed by atoms with Crippen molar-refractivity contribution in [2.24, 2.45) is 0 Å². The zero-order chi connectivity index (χ0) is 23.8. The number of benzene rings is 3. The van der Waals surface area contributed by atoms with Gasteiger partial charge < -0.3 is 9.47 Å². The fourth-order valence-corrected chi connectivity index (χ4v) is 5.31. The van der Waals surface area contributed by atoms with E-state index >= 15 is 0 Å². The molecule has 6 nitrogen and oxygen atoms in total. The van der Waals surface area contributed by atoms with E-state index in [9.17, 15) is 4.79 Å². The predicted octanol–water partition coefficient (Wildman–Crippen LogP) is 6.17. The van der Waals surface area contributed by atoms with Gasteiger partial charge >= 0.3 is 0 Å². The van der Waals surface area contributed by atoms with Gasteiger partial charge in [-0.2, -0.15) is 0 Å². The molecule has 0 spiro atoms. The first kappa shape index (κ1) is 21.3. The lowest BCUT2D eigenvalue weighted by atomic mass is 9.87. The summed E-state index contributed by atoms with van der Waals surface area (Å²) in [7, 11) is 1.63. The minimum absolute atomic E-state index is 0.0788. The summed E-state index contributed by atoms with van der Waals surface area (Å²) >= 11 is 1.48. The van der Waals surface area contributed by atoms with E-state index < -0.39 is 5.92 Å². The Bertz CT molecular complexity index is 1490. The molecule has 7 heteroatoms. The van der Waals surface area contributed by atoms with Crippen molar-refractivity contribution in [2.75, 3.05) is 12.0 Å². The summed E-state index contributed by atoms with van der Waals surface area (Å²) in [4.78, 5) is 25.5. The topological polar surface area (TPSA) is 64.5 Å². The van der Waals surface area contributed by atoms with Crippen LogP contribution in [-0.4, -0.2) is 23.0 Å². The number of ether oxygens (including phenoxy) is 2. The molecule has 172 valence electrons. The number of rotatable bonds is 5. The molecule has 3 heterocycles. The van der Waals surface area contributed by atoms with Gasteiger partial charge in [0.05, 0.1) is 35.5 Å². The minimum atomic E-state index is -0.526. The maximum atomic E-state index is 14.4. The van der Waals surface area contributed by atoms with Crippen LogP contribution in [0.4, 0.5) is 5.13 Å². The van der Waals surface area contributed by atoms with E-state index in [1.807, 2.05) is 84.9 Å². The number of hydrogen-bond donors (Lipinski definition) is 0. The minimum Gasteiger partial charge on any atom is -0.497 e. The largest absolute Gasteiger partial charge is 0.497 e. The van der Waals surface area contributed by atoms with Crippen LogP contribution in [0.25, 0.3) is 10.2 Å². The fourth-order valence-electron chi connectivity index (χ4n) is 4.36. The van der Waals surface area contributed by atoms with Crippen molar-refractivity contribution in [2.45, 2.75) is 12.5 Å². The van der Waals surface area contributed by atoms with Crippen molar-refractivity contribution in [1.29, 1.82) is 0 Å². The molecule has 0 fully saturated rings. The van der Waals surface area contributed by atoms with Gasteiger partial charge in [0.2, 0.25) is 5.91 Å². The zero-order valence-electron chi connectivity index (χ0n) is 18.9. The lowest BCUT2D eigenvalue weighted by Gasteiger charge is -2.31. The number of amides is 1. The molecule has 5 aromatic rings. The number of thiazole rings is 1. The van der Waals surface area contributed by atoms with Crippen LogP contribution in [-0.2, 0) is 11.3 Å². The van der Waals surface area contributed by atoms with Crippen molar-refractivity contribution in [3.8, 4) is 17.2 Å². The molecular formula is C28H21N3O3S. The van der Waals surface area contributed by atoms with Crippen LogP contribution < -0.4 is 14.4 Å². The zero-order valence-corrected chi connectivity index (χ0v) is 19.7. The first-order chi connectivity index (χ1) is 17.2. The van der Waals surface area contributed by atoms with Gasteiger partial charge in [-0.15, -0.1) is 0 Å². The maximum Gasteiger partial charge on any atom is 0.241 e. The van der Waals surface area contributed by atoms with Crippen LogP contribution in [0.1, 0.15) is 22.7 Å². The molecule has 0 radical (unpaired) electrons. The van der Waals surface area contributed by atoms with E-state index in [0.717, 1.165) is 32.8 Å². The Balaban J connectivity index is 1.49. The Kier molecular flexibility index (Phi) is 5.39. The summed E-state index contributed by atoms with van der Waals surface area (Å²) in [5.41, 5.74) is 3.25. The monoisotopic (exact) mass is 479 g/mol. The van der Waals surface area contributed by atoms with Crippen LogP contribution in [0.3, 0.4) is 0 Å². The highest BCUT2D eigenvalue weighted by molar-refractivity contribution is 7.22. The number of carbonyl (C=O) groups is 1. The highest BCUT2D eigenvalue weighted by atomic mass is 32.1. The highest BCUT2D eigenvalue weighted by Crippen LogP contribution is 2.45. The molecule has 0 atom stereocenters. The lowest BCUT2D eigenvalue weighted by molar-refractivity contribution is -0.119. The van der Waals surface area contributed by atoms with Gasteiger partial charge in [0.15, 0.2) is 5.13 Å². The molecule has 0 saturated heterocycles. The summed E-state index contributed by atoms with van der Waals surface area (Å²) in [6.45, 7) is 0.304. The van der Waals surface area contributed by atoms with Crippen molar-refractivity contribution >= 4 is 32.6 Å². The second-order valence-corrected chi connectivity index (χ2v) is 9.20. The molecule has 0 bridgehead atoms. The quantitative estimate of drug-likeness (QED) is 0.302. The molecule has 35 heavy (non-hydrogen) atoms. The number of para-hydroxylation sites is 2. The Hall–Kier alpha value is -4.23. The third kappa shape index (κ3) is 3.90. The van der Waals surface area contributed by atoms with Crippen LogP contribution in [0.15, 0.2) is 91.1 Å². The number of nitrogens with zero attached hydrogens (tertiary/aromatic N) is 3. The van der Waals surface area contributed by atoms with Crippen LogP contribution in [0.2, 0.25) is 0 Å². The van der Waals surface area contributed by atoms with E-state index in [1.165, 1.54) is 11.3 Å². The van der Waals surface area contributed by atoms with Crippen LogP contribution in [0, 0.1) is 0 Å². The molecule has 0 unspecified atom stereocenters. The number of fused-ring (bicyclic) bond motifs is 3. The van der Waals surface area contributed by atoms with Crippen LogP contribution >= 0.6 is 11.3 Å². The third-order valence-electron chi connectivity index (χ3n) is 6.05. The van der Waals surface area contributed by atoms with Gasteiger partial charge in [-0.25, -0.2) is 4.98 Å². The number of anilines is 1. The Morgan fingerprint density at radius 2 is 1.69 bits per heavy atom.